The molecule has 3 aliphatic heterocycles. The molecule has 0 aromatic rings. The summed E-state index contributed by atoms with van der Waals surface area (Å²) in [4.78, 5) is 50.5. The van der Waals surface area contributed by atoms with Crippen molar-refractivity contribution in [1.82, 2.24) is 15.7 Å². The van der Waals surface area contributed by atoms with Gasteiger partial charge < -0.3 is 15.5 Å². The predicted molar refractivity (Wildman–Crippen MR) is 81.1 cm³/mol. The molecule has 3 atom stereocenters. The van der Waals surface area contributed by atoms with Crippen molar-refractivity contribution in [3.05, 3.63) is 0 Å². The van der Waals surface area contributed by atoms with E-state index in [-0.39, 0.29) is 37.4 Å². The van der Waals surface area contributed by atoms with E-state index in [4.69, 9.17) is 4.84 Å². The first-order valence-corrected chi connectivity index (χ1v) is 8.84. The van der Waals surface area contributed by atoms with Gasteiger partial charge in [0.1, 0.15) is 0 Å². The van der Waals surface area contributed by atoms with Crippen LogP contribution in [0.5, 0.6) is 0 Å². The number of hydrogen-bond acceptors (Lipinski definition) is 6. The Bertz CT molecular complexity index is 525. The molecular formula is C14H19N3O5S. The molecule has 1 unspecified atom stereocenters. The van der Waals surface area contributed by atoms with Gasteiger partial charge in [-0.25, -0.2) is 9.59 Å². The minimum absolute atomic E-state index is 0.103. The quantitative estimate of drug-likeness (QED) is 0.409. The smallest absolute Gasteiger partial charge is 0.332 e. The third-order valence-electron chi connectivity index (χ3n) is 4.26. The van der Waals surface area contributed by atoms with Crippen LogP contribution in [0.4, 0.5) is 4.79 Å². The fraction of sp³-hybridized carbons (Fsp3) is 0.714. The standard InChI is InChI=1S/C14H19N3O5S/c18-10-5-6-11(19)17(10)22-12(20)4-2-1-3-9-13-8(7-23-9)15-14(21)16-13/h8-9,13H,1-7H2,(H2,15,16,21)/t8-,9?,13-/m0/s1. The number of carbonyl (C=O) groups excluding carboxylic acids is 4. The molecule has 0 radical (unpaired) electrons. The van der Waals surface area contributed by atoms with Crippen LogP contribution in [0, 0.1) is 0 Å². The van der Waals surface area contributed by atoms with Crippen LogP contribution < -0.4 is 10.6 Å². The molecule has 3 fully saturated rings. The Morgan fingerprint density at radius 2 is 1.91 bits per heavy atom. The Labute approximate surface area is 137 Å². The lowest BCUT2D eigenvalue weighted by atomic mass is 10.0. The van der Waals surface area contributed by atoms with Crippen molar-refractivity contribution in [2.75, 3.05) is 5.75 Å². The minimum Gasteiger partial charge on any atom is -0.332 e. The fourth-order valence-electron chi connectivity index (χ4n) is 3.06. The zero-order valence-corrected chi connectivity index (χ0v) is 13.4. The highest BCUT2D eigenvalue weighted by Gasteiger charge is 2.42. The number of imide groups is 1. The number of rotatable bonds is 6. The third kappa shape index (κ3) is 3.60. The van der Waals surface area contributed by atoms with Gasteiger partial charge in [0, 0.05) is 30.3 Å². The molecular weight excluding hydrogens is 322 g/mol. The zero-order chi connectivity index (χ0) is 16.4. The molecule has 126 valence electrons. The molecule has 23 heavy (non-hydrogen) atoms. The molecule has 8 nitrogen and oxygen atoms in total. The number of hydroxylamine groups is 2. The first-order valence-electron chi connectivity index (χ1n) is 7.80. The van der Waals surface area contributed by atoms with Crippen molar-refractivity contribution in [3.63, 3.8) is 0 Å². The highest BCUT2D eigenvalue weighted by Crippen LogP contribution is 2.33. The van der Waals surface area contributed by atoms with E-state index < -0.39 is 17.8 Å². The van der Waals surface area contributed by atoms with Gasteiger partial charge in [-0.1, -0.05) is 6.42 Å². The summed E-state index contributed by atoms with van der Waals surface area (Å²) in [5, 5.41) is 6.76. The molecule has 3 heterocycles. The second kappa shape index (κ2) is 6.77. The average molecular weight is 341 g/mol. The van der Waals surface area contributed by atoms with E-state index in [9.17, 15) is 19.2 Å². The number of nitrogens with zero attached hydrogens (tertiary/aromatic N) is 1. The normalized spacial score (nSPS) is 29.5. The van der Waals surface area contributed by atoms with Crippen molar-refractivity contribution in [1.29, 1.82) is 0 Å². The number of unbranched alkanes of at least 4 members (excludes halogenated alkanes) is 1. The molecule has 0 aromatic heterocycles. The van der Waals surface area contributed by atoms with Crippen molar-refractivity contribution in [3.8, 4) is 0 Å². The second-order valence-corrected chi connectivity index (χ2v) is 7.18. The highest BCUT2D eigenvalue weighted by atomic mass is 32.2. The zero-order valence-electron chi connectivity index (χ0n) is 12.6. The molecule has 3 saturated heterocycles. The van der Waals surface area contributed by atoms with E-state index in [1.807, 2.05) is 11.8 Å². The molecule has 4 amide bonds. The van der Waals surface area contributed by atoms with Crippen LogP contribution in [0.1, 0.15) is 38.5 Å². The van der Waals surface area contributed by atoms with Crippen LogP contribution in [0.25, 0.3) is 0 Å². The summed E-state index contributed by atoms with van der Waals surface area (Å²) >= 11 is 1.83. The van der Waals surface area contributed by atoms with E-state index in [0.29, 0.717) is 16.7 Å². The number of carbonyl (C=O) groups is 4. The van der Waals surface area contributed by atoms with Crippen LogP contribution in [-0.2, 0) is 19.2 Å². The van der Waals surface area contributed by atoms with Crippen molar-refractivity contribution >= 4 is 35.6 Å². The topological polar surface area (TPSA) is 105 Å². The number of thioether (sulfide) groups is 1. The Kier molecular flexibility index (Phi) is 4.74. The molecule has 0 spiro atoms. The minimum atomic E-state index is -0.554. The molecule has 0 saturated carbocycles. The molecule has 9 heteroatoms. The van der Waals surface area contributed by atoms with Crippen LogP contribution in [-0.4, -0.2) is 52.0 Å². The maximum absolute atomic E-state index is 11.7. The van der Waals surface area contributed by atoms with Crippen LogP contribution in [0.3, 0.4) is 0 Å². The lowest BCUT2D eigenvalue weighted by Gasteiger charge is -2.16. The molecule has 3 rings (SSSR count). The Morgan fingerprint density at radius 3 is 2.65 bits per heavy atom. The lowest BCUT2D eigenvalue weighted by molar-refractivity contribution is -0.197. The van der Waals surface area contributed by atoms with Crippen LogP contribution in [0.15, 0.2) is 0 Å². The predicted octanol–water partition coefficient (Wildman–Crippen LogP) is 0.319. The van der Waals surface area contributed by atoms with Gasteiger partial charge in [0.05, 0.1) is 12.1 Å². The van der Waals surface area contributed by atoms with E-state index >= 15 is 0 Å². The van der Waals surface area contributed by atoms with Gasteiger partial charge in [-0.05, 0) is 12.8 Å². The number of fused-ring (bicyclic) bond motifs is 1. The average Bonchev–Trinajstić information content (AvgIpc) is 3.14. The summed E-state index contributed by atoms with van der Waals surface area (Å²) in [6, 6.07) is 0.266. The molecule has 3 aliphatic rings. The molecule has 0 aromatic carbocycles. The van der Waals surface area contributed by atoms with Gasteiger partial charge in [0.2, 0.25) is 0 Å². The van der Waals surface area contributed by atoms with Crippen LogP contribution in [0.2, 0.25) is 0 Å². The third-order valence-corrected chi connectivity index (χ3v) is 5.77. The number of hydrogen-bond donors (Lipinski definition) is 2. The van der Waals surface area contributed by atoms with E-state index in [2.05, 4.69) is 10.6 Å². The SMILES string of the molecule is O=C1N[C@H]2CSC(CCCCC(=O)ON3C(=O)CCC3=O)[C@H]2N1. The summed E-state index contributed by atoms with van der Waals surface area (Å²) in [7, 11) is 0. The Morgan fingerprint density at radius 1 is 1.17 bits per heavy atom. The van der Waals surface area contributed by atoms with E-state index in [1.165, 1.54) is 0 Å². The first-order chi connectivity index (χ1) is 11.0. The van der Waals surface area contributed by atoms with E-state index in [1.54, 1.807) is 0 Å². The summed E-state index contributed by atoms with van der Waals surface area (Å²) in [5.41, 5.74) is 0. The van der Waals surface area contributed by atoms with Crippen LogP contribution >= 0.6 is 11.8 Å². The summed E-state index contributed by atoms with van der Waals surface area (Å²) < 4.78 is 0. The van der Waals surface area contributed by atoms with Gasteiger partial charge in [-0.15, -0.1) is 5.06 Å². The van der Waals surface area contributed by atoms with Crippen molar-refractivity contribution in [2.45, 2.75) is 55.9 Å². The number of amides is 4. The largest absolute Gasteiger partial charge is 0.333 e. The van der Waals surface area contributed by atoms with Gasteiger partial charge in [-0.3, -0.25) is 9.59 Å². The summed E-state index contributed by atoms with van der Waals surface area (Å²) in [6.45, 7) is 0. The maximum Gasteiger partial charge on any atom is 0.333 e. The maximum atomic E-state index is 11.7. The molecule has 2 N–H and O–H groups in total. The van der Waals surface area contributed by atoms with Crippen molar-refractivity contribution < 1.29 is 24.0 Å². The van der Waals surface area contributed by atoms with Gasteiger partial charge in [-0.2, -0.15) is 11.8 Å². The lowest BCUT2D eigenvalue weighted by Crippen LogP contribution is -2.36. The summed E-state index contributed by atoms with van der Waals surface area (Å²) in [6.07, 6.45) is 2.75. The van der Waals surface area contributed by atoms with Crippen molar-refractivity contribution in [2.24, 2.45) is 0 Å². The monoisotopic (exact) mass is 341 g/mol. The summed E-state index contributed by atoms with van der Waals surface area (Å²) in [5.74, 6) is -0.557. The fourth-order valence-corrected chi connectivity index (χ4v) is 4.61. The van der Waals surface area contributed by atoms with E-state index in [0.717, 1.165) is 18.6 Å². The number of urea groups is 1. The first kappa shape index (κ1) is 16.1. The number of nitrogens with one attached hydrogen (secondary N) is 2. The highest BCUT2D eigenvalue weighted by molar-refractivity contribution is 8.00. The Balaban J connectivity index is 1.34. The Hall–Kier alpha value is -1.77. The van der Waals surface area contributed by atoms with Gasteiger partial charge >= 0.3 is 12.0 Å². The molecule has 0 bridgehead atoms. The molecule has 0 aliphatic carbocycles. The van der Waals surface area contributed by atoms with Gasteiger partial charge in [0.25, 0.3) is 11.8 Å². The van der Waals surface area contributed by atoms with Gasteiger partial charge in [0.15, 0.2) is 0 Å². The second-order valence-electron chi connectivity index (χ2n) is 5.91.